The Balaban J connectivity index is 1.92. The van der Waals surface area contributed by atoms with Crippen LogP contribution in [-0.2, 0) is 11.3 Å². The number of hydrogen-bond acceptors (Lipinski definition) is 5. The van der Waals surface area contributed by atoms with Gasteiger partial charge >= 0.3 is 5.97 Å². The minimum Gasteiger partial charge on any atom is -0.462 e. The normalized spacial score (nSPS) is 11.7. The van der Waals surface area contributed by atoms with Crippen LogP contribution in [0.25, 0.3) is 16.7 Å². The summed E-state index contributed by atoms with van der Waals surface area (Å²) in [5.74, 6) is -4.32. The number of ether oxygens (including phenoxy) is 1. The summed E-state index contributed by atoms with van der Waals surface area (Å²) in [5.41, 5.74) is -0.645. The molecule has 190 valence electrons. The third-order valence-corrected chi connectivity index (χ3v) is 5.85. The molecule has 1 amide bonds. The average molecular weight is 514 g/mol. The van der Waals surface area contributed by atoms with Gasteiger partial charge in [-0.25, -0.2) is 18.6 Å². The number of aromatic nitrogens is 3. The predicted octanol–water partition coefficient (Wildman–Crippen LogP) is 3.89. The molecule has 10 heteroatoms. The minimum atomic E-state index is -1.25. The standard InChI is InChI=1S/C28H20F2N4O4/c1-2-38-28(37)19-15-18-24(31-22-13-6-7-14-33(22)27(18)36)34(16-17-9-4-3-5-10-17)25(19)32-26(35)23-20(29)11-8-12-21(23)30/h3-15H,2,16H2,1H3. The third-order valence-electron chi connectivity index (χ3n) is 5.85. The molecule has 38 heavy (non-hydrogen) atoms. The van der Waals surface area contributed by atoms with Gasteiger partial charge in [0.15, 0.2) is 5.49 Å². The summed E-state index contributed by atoms with van der Waals surface area (Å²) >= 11 is 0. The van der Waals surface area contributed by atoms with Crippen LogP contribution in [0.1, 0.15) is 33.2 Å². The van der Waals surface area contributed by atoms with Crippen molar-refractivity contribution in [3.63, 3.8) is 0 Å². The number of benzene rings is 2. The Hall–Kier alpha value is -4.99. The molecule has 0 atom stereocenters. The van der Waals surface area contributed by atoms with Crippen LogP contribution < -0.4 is 11.0 Å². The highest BCUT2D eigenvalue weighted by molar-refractivity contribution is 5.97. The van der Waals surface area contributed by atoms with Crippen molar-refractivity contribution in [1.29, 1.82) is 0 Å². The zero-order valence-electron chi connectivity index (χ0n) is 20.1. The molecule has 5 rings (SSSR count). The third kappa shape index (κ3) is 4.47. The second-order valence-electron chi connectivity index (χ2n) is 8.27. The Labute approximate surface area is 214 Å². The van der Waals surface area contributed by atoms with E-state index in [2.05, 4.69) is 9.98 Å². The molecular formula is C28H20F2N4O4. The molecular weight excluding hydrogens is 494 g/mol. The van der Waals surface area contributed by atoms with Crippen molar-refractivity contribution in [3.8, 4) is 0 Å². The van der Waals surface area contributed by atoms with E-state index in [0.717, 1.165) is 23.8 Å². The molecule has 0 radical (unpaired) electrons. The van der Waals surface area contributed by atoms with Crippen molar-refractivity contribution in [2.24, 2.45) is 4.99 Å². The number of nitrogens with zero attached hydrogens (tertiary/aromatic N) is 4. The van der Waals surface area contributed by atoms with E-state index < -0.39 is 34.6 Å². The fourth-order valence-electron chi connectivity index (χ4n) is 4.13. The highest BCUT2D eigenvalue weighted by Gasteiger charge is 2.22. The maximum atomic E-state index is 14.4. The molecule has 0 N–H and O–H groups in total. The molecule has 0 unspecified atom stereocenters. The van der Waals surface area contributed by atoms with Gasteiger partial charge in [-0.1, -0.05) is 42.5 Å². The van der Waals surface area contributed by atoms with Gasteiger partial charge in [0.05, 0.1) is 18.5 Å². The molecule has 3 aromatic heterocycles. The fraction of sp³-hybridized carbons (Fsp3) is 0.107. The number of carbonyl (C=O) groups is 2. The lowest BCUT2D eigenvalue weighted by Crippen LogP contribution is -2.33. The summed E-state index contributed by atoms with van der Waals surface area (Å²) in [7, 11) is 0. The van der Waals surface area contributed by atoms with E-state index >= 15 is 0 Å². The van der Waals surface area contributed by atoms with Gasteiger partial charge in [-0.05, 0) is 42.8 Å². The van der Waals surface area contributed by atoms with Crippen LogP contribution in [0.2, 0.25) is 0 Å². The van der Waals surface area contributed by atoms with Crippen LogP contribution in [0, 0.1) is 11.6 Å². The average Bonchev–Trinajstić information content (AvgIpc) is 2.91. The topological polar surface area (TPSA) is 95.0 Å². The van der Waals surface area contributed by atoms with E-state index in [1.165, 1.54) is 15.0 Å². The lowest BCUT2D eigenvalue weighted by atomic mass is 10.1. The van der Waals surface area contributed by atoms with E-state index in [4.69, 9.17) is 4.74 Å². The Morgan fingerprint density at radius 1 is 0.974 bits per heavy atom. The molecule has 0 spiro atoms. The van der Waals surface area contributed by atoms with Crippen molar-refractivity contribution >= 4 is 28.6 Å². The van der Waals surface area contributed by atoms with Gasteiger partial charge in [-0.2, -0.15) is 4.99 Å². The number of fused-ring (bicyclic) bond motifs is 2. The maximum absolute atomic E-state index is 14.4. The summed E-state index contributed by atoms with van der Waals surface area (Å²) < 4.78 is 36.8. The van der Waals surface area contributed by atoms with Crippen molar-refractivity contribution in [3.05, 3.63) is 123 Å². The largest absolute Gasteiger partial charge is 0.462 e. The Morgan fingerprint density at radius 3 is 2.39 bits per heavy atom. The number of pyridine rings is 2. The van der Waals surface area contributed by atoms with Crippen molar-refractivity contribution in [2.45, 2.75) is 13.5 Å². The Kier molecular flexibility index (Phi) is 6.61. The molecule has 0 aliphatic rings. The molecule has 0 bridgehead atoms. The van der Waals surface area contributed by atoms with Crippen LogP contribution in [0.3, 0.4) is 0 Å². The number of esters is 1. The smallest absolute Gasteiger partial charge is 0.341 e. The van der Waals surface area contributed by atoms with Crippen LogP contribution in [0.5, 0.6) is 0 Å². The highest BCUT2D eigenvalue weighted by atomic mass is 19.1. The van der Waals surface area contributed by atoms with Crippen LogP contribution in [0.15, 0.2) is 88.8 Å². The molecule has 0 aliphatic carbocycles. The number of amides is 1. The van der Waals surface area contributed by atoms with Crippen LogP contribution in [-0.4, -0.2) is 32.4 Å². The zero-order chi connectivity index (χ0) is 26.8. The van der Waals surface area contributed by atoms with Gasteiger partial charge in [0.25, 0.3) is 11.5 Å². The molecule has 8 nitrogen and oxygen atoms in total. The summed E-state index contributed by atoms with van der Waals surface area (Å²) in [5, 5.41) is 0.0659. The van der Waals surface area contributed by atoms with Gasteiger partial charge < -0.3 is 9.30 Å². The first kappa shape index (κ1) is 24.7. The summed E-state index contributed by atoms with van der Waals surface area (Å²) in [6.07, 6.45) is 1.54. The first-order chi connectivity index (χ1) is 18.4. The van der Waals surface area contributed by atoms with Crippen molar-refractivity contribution in [1.82, 2.24) is 14.0 Å². The van der Waals surface area contributed by atoms with Gasteiger partial charge in [-0.15, -0.1) is 0 Å². The molecule has 2 aromatic carbocycles. The quantitative estimate of drug-likeness (QED) is 0.262. The van der Waals surface area contributed by atoms with Gasteiger partial charge in [-0.3, -0.25) is 14.0 Å². The summed E-state index contributed by atoms with van der Waals surface area (Å²) in [6, 6.07) is 18.2. The van der Waals surface area contributed by atoms with Crippen molar-refractivity contribution in [2.75, 3.05) is 6.61 Å². The summed E-state index contributed by atoms with van der Waals surface area (Å²) in [6.45, 7) is 1.63. The van der Waals surface area contributed by atoms with E-state index in [9.17, 15) is 23.2 Å². The highest BCUT2D eigenvalue weighted by Crippen LogP contribution is 2.16. The van der Waals surface area contributed by atoms with E-state index in [-0.39, 0.29) is 35.2 Å². The molecule has 0 fully saturated rings. The van der Waals surface area contributed by atoms with Gasteiger partial charge in [0.2, 0.25) is 0 Å². The molecule has 5 aromatic rings. The predicted molar refractivity (Wildman–Crippen MR) is 135 cm³/mol. The number of rotatable bonds is 5. The molecule has 0 aliphatic heterocycles. The lowest BCUT2D eigenvalue weighted by Gasteiger charge is -2.15. The Bertz CT molecular complexity index is 1830. The molecule has 3 heterocycles. The Morgan fingerprint density at radius 2 is 1.68 bits per heavy atom. The number of carbonyl (C=O) groups excluding carboxylic acids is 2. The summed E-state index contributed by atoms with van der Waals surface area (Å²) in [4.78, 5) is 48.2. The first-order valence-corrected chi connectivity index (χ1v) is 11.7. The number of hydrogen-bond donors (Lipinski definition) is 0. The first-order valence-electron chi connectivity index (χ1n) is 11.7. The van der Waals surface area contributed by atoms with Crippen LogP contribution in [0.4, 0.5) is 8.78 Å². The van der Waals surface area contributed by atoms with Gasteiger partial charge in [0, 0.05) is 6.20 Å². The van der Waals surface area contributed by atoms with Crippen LogP contribution >= 0.6 is 0 Å². The van der Waals surface area contributed by atoms with E-state index in [1.807, 2.05) is 6.07 Å². The van der Waals surface area contributed by atoms with Crippen molar-refractivity contribution < 1.29 is 23.1 Å². The lowest BCUT2D eigenvalue weighted by molar-refractivity contribution is 0.0523. The van der Waals surface area contributed by atoms with E-state index in [1.54, 1.807) is 55.6 Å². The minimum absolute atomic E-state index is 0.000163. The van der Waals surface area contributed by atoms with E-state index in [0.29, 0.717) is 5.65 Å². The molecule has 0 saturated heterocycles. The zero-order valence-corrected chi connectivity index (χ0v) is 20.1. The maximum Gasteiger partial charge on any atom is 0.341 e. The number of halogens is 2. The fourth-order valence-corrected chi connectivity index (χ4v) is 4.13. The monoisotopic (exact) mass is 514 g/mol. The SMILES string of the molecule is CCOC(=O)c1cc2c(=O)n3ccccc3nc2n(Cc2ccccc2)c1=NC(=O)c1c(F)cccc1F. The second-order valence-corrected chi connectivity index (χ2v) is 8.27. The second kappa shape index (κ2) is 10.2. The molecule has 0 saturated carbocycles. The van der Waals surface area contributed by atoms with Gasteiger partial charge in [0.1, 0.15) is 34.1 Å².